The molecule has 5 unspecified atom stereocenters. The highest BCUT2D eigenvalue weighted by Crippen LogP contribution is 2.37. The molecular formula is C59H78F2N10O6S. The number of fused-ring (bicyclic) bond motifs is 1. The van der Waals surface area contributed by atoms with Crippen molar-refractivity contribution >= 4 is 63.8 Å². The number of likely N-dealkylation sites (tertiary alicyclic amines) is 1. The van der Waals surface area contributed by atoms with E-state index in [1.54, 1.807) is 49.3 Å². The monoisotopic (exact) mass is 1090 g/mol. The minimum absolute atomic E-state index is 0.0112. The van der Waals surface area contributed by atoms with Crippen molar-refractivity contribution in [3.05, 3.63) is 101 Å². The number of piperidine rings is 1. The van der Waals surface area contributed by atoms with Crippen LogP contribution < -0.4 is 21.7 Å². The molecule has 5 atom stereocenters. The first-order valence-corrected chi connectivity index (χ1v) is 28.5. The number of carbonyl (C=O) groups is 4. The molecule has 0 bridgehead atoms. The SMILES string of the molecule is CC(O)CC(NC(=O)C(NC(=O)CCCCCCCCC(=O)N1CCC(N=CC(=CN)c2cnc3cccc(-c4cc(F)c(CN5CCOCC5)c(F)c4)c3n2)CC1)C(C)(C)C)C(=O)NCc1ccc(C2SC=NC2C)cc1. The Labute approximate surface area is 462 Å². The fraction of sp³-hybridized carbons (Fsp3) is 0.525. The van der Waals surface area contributed by atoms with Crippen LogP contribution in [0.2, 0.25) is 0 Å². The number of nitrogens with one attached hydrogen (secondary N) is 3. The van der Waals surface area contributed by atoms with Crippen LogP contribution in [-0.4, -0.2) is 130 Å². The highest BCUT2D eigenvalue weighted by Gasteiger charge is 2.35. The average Bonchev–Trinajstić information content (AvgIpc) is 3.92. The van der Waals surface area contributed by atoms with Crippen molar-refractivity contribution < 1.29 is 37.8 Å². The highest BCUT2D eigenvalue weighted by atomic mass is 32.2. The van der Waals surface area contributed by atoms with Crippen LogP contribution in [0.1, 0.15) is 133 Å². The first-order chi connectivity index (χ1) is 37.5. The topological polar surface area (TPSA) is 217 Å². The molecule has 3 aliphatic heterocycles. The van der Waals surface area contributed by atoms with Crippen LogP contribution in [0.3, 0.4) is 0 Å². The Morgan fingerprint density at radius 2 is 1.60 bits per heavy atom. The second-order valence-electron chi connectivity index (χ2n) is 21.9. The van der Waals surface area contributed by atoms with Gasteiger partial charge in [-0.2, -0.15) is 0 Å². The summed E-state index contributed by atoms with van der Waals surface area (Å²) in [5.41, 5.74) is 12.4. The van der Waals surface area contributed by atoms with Crippen molar-refractivity contribution in [2.75, 3.05) is 39.4 Å². The van der Waals surface area contributed by atoms with E-state index in [1.165, 1.54) is 18.3 Å². The number of hydrogen-bond acceptors (Lipinski definition) is 13. The zero-order valence-corrected chi connectivity index (χ0v) is 46.6. The van der Waals surface area contributed by atoms with Crippen molar-refractivity contribution in [1.82, 2.24) is 35.7 Å². The molecule has 19 heteroatoms. The number of aromatic nitrogens is 2. The molecule has 1 aromatic heterocycles. The Balaban J connectivity index is 0.787. The number of aliphatic hydroxyl groups is 1. The average molecular weight is 1090 g/mol. The molecule has 0 spiro atoms. The number of para-hydroxylation sites is 1. The van der Waals surface area contributed by atoms with E-state index in [1.807, 2.05) is 60.4 Å². The number of nitrogens with two attached hydrogens (primary N) is 1. The quantitative estimate of drug-likeness (QED) is 0.0333. The molecule has 4 heterocycles. The predicted molar refractivity (Wildman–Crippen MR) is 304 cm³/mol. The molecule has 7 rings (SSSR count). The van der Waals surface area contributed by atoms with E-state index in [-0.39, 0.29) is 60.6 Å². The summed E-state index contributed by atoms with van der Waals surface area (Å²) in [6.45, 7) is 13.1. The second-order valence-corrected chi connectivity index (χ2v) is 22.9. The van der Waals surface area contributed by atoms with E-state index in [0.29, 0.717) is 98.5 Å². The maximum atomic E-state index is 15.4. The van der Waals surface area contributed by atoms with Gasteiger partial charge in [-0.05, 0) is 79.8 Å². The number of aliphatic hydroxyl groups excluding tert-OH is 1. The number of amides is 4. The lowest BCUT2D eigenvalue weighted by Crippen LogP contribution is -2.58. The molecule has 3 aromatic carbocycles. The van der Waals surface area contributed by atoms with E-state index in [0.717, 1.165) is 43.2 Å². The number of unbranched alkanes of at least 4 members (excludes halogenated alkanes) is 5. The van der Waals surface area contributed by atoms with Crippen LogP contribution in [0.25, 0.3) is 27.7 Å². The smallest absolute Gasteiger partial charge is 0.243 e. The molecule has 2 saturated heterocycles. The van der Waals surface area contributed by atoms with Crippen LogP contribution in [0.4, 0.5) is 8.78 Å². The second kappa shape index (κ2) is 28.6. The lowest BCUT2D eigenvalue weighted by molar-refractivity contribution is -0.134. The number of halogens is 2. The summed E-state index contributed by atoms with van der Waals surface area (Å²) >= 11 is 1.69. The van der Waals surface area contributed by atoms with Gasteiger partial charge in [-0.15, -0.1) is 11.8 Å². The van der Waals surface area contributed by atoms with E-state index in [9.17, 15) is 24.3 Å². The summed E-state index contributed by atoms with van der Waals surface area (Å²) in [4.78, 5) is 76.0. The lowest BCUT2D eigenvalue weighted by Gasteiger charge is -2.32. The normalized spacial score (nSPS) is 18.8. The summed E-state index contributed by atoms with van der Waals surface area (Å²) < 4.78 is 36.3. The molecule has 0 aliphatic carbocycles. The third kappa shape index (κ3) is 16.9. The predicted octanol–water partition coefficient (Wildman–Crippen LogP) is 8.20. The molecule has 78 heavy (non-hydrogen) atoms. The van der Waals surface area contributed by atoms with Gasteiger partial charge in [0.1, 0.15) is 23.7 Å². The summed E-state index contributed by atoms with van der Waals surface area (Å²) in [6.07, 6.45) is 11.0. The van der Waals surface area contributed by atoms with Gasteiger partial charge in [-0.25, -0.2) is 13.8 Å². The first kappa shape index (κ1) is 59.5. The van der Waals surface area contributed by atoms with Crippen molar-refractivity contribution in [2.24, 2.45) is 21.1 Å². The van der Waals surface area contributed by atoms with Gasteiger partial charge in [0, 0.05) is 87.6 Å². The van der Waals surface area contributed by atoms with Gasteiger partial charge in [0.05, 0.1) is 65.1 Å². The number of benzene rings is 3. The van der Waals surface area contributed by atoms with Crippen LogP contribution in [0, 0.1) is 17.0 Å². The Bertz CT molecular complexity index is 2750. The highest BCUT2D eigenvalue weighted by molar-refractivity contribution is 8.12. The minimum Gasteiger partial charge on any atom is -0.404 e. The van der Waals surface area contributed by atoms with Crippen LogP contribution in [0.15, 0.2) is 77.0 Å². The van der Waals surface area contributed by atoms with Crippen LogP contribution in [0.5, 0.6) is 0 Å². The van der Waals surface area contributed by atoms with E-state index < -0.39 is 47.1 Å². The third-order valence-corrected chi connectivity index (χ3v) is 15.8. The molecule has 420 valence electrons. The van der Waals surface area contributed by atoms with E-state index in [2.05, 4.69) is 32.9 Å². The Kier molecular flexibility index (Phi) is 21.9. The molecule has 4 amide bonds. The van der Waals surface area contributed by atoms with Gasteiger partial charge in [0.15, 0.2) is 0 Å². The number of aliphatic imine (C=N–C) groups is 2. The van der Waals surface area contributed by atoms with E-state index >= 15 is 8.78 Å². The molecule has 0 radical (unpaired) electrons. The number of carbonyl (C=O) groups excluding carboxylic acids is 4. The maximum Gasteiger partial charge on any atom is 0.243 e. The zero-order chi connectivity index (χ0) is 55.8. The van der Waals surface area contributed by atoms with Gasteiger partial charge >= 0.3 is 0 Å². The number of hydrogen-bond donors (Lipinski definition) is 5. The third-order valence-electron chi connectivity index (χ3n) is 14.6. The number of rotatable bonds is 24. The largest absolute Gasteiger partial charge is 0.404 e. The standard InChI is InChI=1S/C59H78F2N10O6S/c1-38(72)29-50(57(75)65-33-40-17-19-41(20-18-40)55-39(2)66-37-78-55)68-58(76)56(59(3,4)5)69-52(73)15-10-8-6-7-9-11-16-53(74)71-23-21-44(22-24-71)63-34-43(32-62)51-35-64-49-14-12-13-45(54(49)67-51)42-30-47(60)46(48(61)31-42)36-70-25-27-77-28-26-70/h12-14,17-20,30-32,34-35,37-39,44,50,55-56,72H,6-11,15-16,21-29,33,36,62H2,1-5H3,(H,65,75)(H,68,76)(H,69,73). The molecule has 4 aromatic rings. The molecule has 0 saturated carbocycles. The van der Waals surface area contributed by atoms with Crippen molar-refractivity contribution in [2.45, 2.75) is 154 Å². The van der Waals surface area contributed by atoms with Gasteiger partial charge in [0.25, 0.3) is 0 Å². The fourth-order valence-electron chi connectivity index (χ4n) is 9.99. The van der Waals surface area contributed by atoms with Crippen molar-refractivity contribution in [3.8, 4) is 11.1 Å². The zero-order valence-electron chi connectivity index (χ0n) is 45.8. The first-order valence-electron chi connectivity index (χ1n) is 27.6. The van der Waals surface area contributed by atoms with Crippen molar-refractivity contribution in [3.63, 3.8) is 0 Å². The number of allylic oxidation sites excluding steroid dienone is 1. The summed E-state index contributed by atoms with van der Waals surface area (Å²) in [5.74, 6) is -2.26. The summed E-state index contributed by atoms with van der Waals surface area (Å²) in [6, 6.07) is 14.3. The fourth-order valence-corrected chi connectivity index (χ4v) is 11.0. The number of ether oxygens (including phenoxy) is 1. The molecule has 2 fully saturated rings. The summed E-state index contributed by atoms with van der Waals surface area (Å²) in [5, 5.41) is 19.1. The van der Waals surface area contributed by atoms with Gasteiger partial charge in [-0.3, -0.25) is 39.0 Å². The summed E-state index contributed by atoms with van der Waals surface area (Å²) in [7, 11) is 0. The molecule has 16 nitrogen and oxygen atoms in total. The van der Waals surface area contributed by atoms with Gasteiger partial charge in [0.2, 0.25) is 23.6 Å². The molecular weight excluding hydrogens is 1010 g/mol. The van der Waals surface area contributed by atoms with Gasteiger partial charge in [-0.1, -0.05) is 82.9 Å². The number of thioether (sulfide) groups is 1. The maximum absolute atomic E-state index is 15.4. The Morgan fingerprint density at radius 1 is 0.923 bits per heavy atom. The minimum atomic E-state index is -1.00. The van der Waals surface area contributed by atoms with Crippen LogP contribution >= 0.6 is 11.8 Å². The lowest BCUT2D eigenvalue weighted by atomic mass is 9.85. The van der Waals surface area contributed by atoms with Gasteiger partial charge < -0.3 is 36.4 Å². The number of nitrogens with zero attached hydrogens (tertiary/aromatic N) is 6. The van der Waals surface area contributed by atoms with E-state index in [4.69, 9.17) is 20.4 Å². The Hall–Kier alpha value is -6.15. The Morgan fingerprint density at radius 3 is 2.24 bits per heavy atom. The van der Waals surface area contributed by atoms with Crippen LogP contribution in [-0.2, 0) is 37.0 Å². The van der Waals surface area contributed by atoms with Crippen molar-refractivity contribution in [1.29, 1.82) is 0 Å². The molecule has 6 N–H and O–H groups in total. The number of morpholine rings is 1. The molecule has 3 aliphatic rings.